The lowest BCUT2D eigenvalue weighted by molar-refractivity contribution is 0.271. The fourth-order valence-corrected chi connectivity index (χ4v) is 1.75. The Bertz CT molecular complexity index is 391. The van der Waals surface area contributed by atoms with Gasteiger partial charge in [-0.1, -0.05) is 20.8 Å². The van der Waals surface area contributed by atoms with Gasteiger partial charge in [0.05, 0.1) is 12.6 Å². The first-order chi connectivity index (χ1) is 9.15. The normalized spacial score (nSPS) is 12.3. The Morgan fingerprint density at radius 3 is 2.37 bits per heavy atom. The van der Waals surface area contributed by atoms with E-state index in [-0.39, 0.29) is 12.6 Å². The van der Waals surface area contributed by atoms with Crippen molar-refractivity contribution in [1.29, 1.82) is 0 Å². The van der Waals surface area contributed by atoms with Crippen LogP contribution in [0, 0.1) is 6.92 Å². The zero-order valence-electron chi connectivity index (χ0n) is 12.5. The lowest BCUT2D eigenvalue weighted by Crippen LogP contribution is -2.24. The third-order valence-electron chi connectivity index (χ3n) is 3.10. The molecule has 5 heteroatoms. The van der Waals surface area contributed by atoms with Gasteiger partial charge in [0.15, 0.2) is 0 Å². The second-order valence-corrected chi connectivity index (χ2v) is 4.67. The van der Waals surface area contributed by atoms with Crippen LogP contribution in [0.2, 0.25) is 0 Å². The minimum absolute atomic E-state index is 0.0392. The number of hydrogen-bond acceptors (Lipinski definition) is 5. The predicted octanol–water partition coefficient (Wildman–Crippen LogP) is 2.35. The highest BCUT2D eigenvalue weighted by molar-refractivity contribution is 5.57. The number of rotatable bonds is 8. The van der Waals surface area contributed by atoms with Crippen molar-refractivity contribution < 1.29 is 5.11 Å². The minimum Gasteiger partial charge on any atom is -0.394 e. The fourth-order valence-electron chi connectivity index (χ4n) is 1.75. The number of anilines is 2. The zero-order valence-corrected chi connectivity index (χ0v) is 12.5. The summed E-state index contributed by atoms with van der Waals surface area (Å²) < 4.78 is 0. The maximum Gasteiger partial charge on any atom is 0.135 e. The molecule has 0 aliphatic heterocycles. The van der Waals surface area contributed by atoms with Gasteiger partial charge in [0, 0.05) is 18.5 Å². The van der Waals surface area contributed by atoms with Crippen molar-refractivity contribution in [2.24, 2.45) is 0 Å². The van der Waals surface area contributed by atoms with E-state index in [0.29, 0.717) is 0 Å². The molecule has 1 aromatic rings. The first-order valence-electron chi connectivity index (χ1n) is 7.14. The summed E-state index contributed by atoms with van der Waals surface area (Å²) in [6, 6.07) is 0.0392. The zero-order chi connectivity index (χ0) is 14.3. The van der Waals surface area contributed by atoms with Crippen LogP contribution in [-0.2, 0) is 6.42 Å². The van der Waals surface area contributed by atoms with Gasteiger partial charge in [-0.25, -0.2) is 9.97 Å². The molecule has 0 saturated heterocycles. The van der Waals surface area contributed by atoms with Gasteiger partial charge in [0.1, 0.15) is 17.5 Å². The summed E-state index contributed by atoms with van der Waals surface area (Å²) >= 11 is 0. The van der Waals surface area contributed by atoms with Gasteiger partial charge in [0.25, 0.3) is 0 Å². The van der Waals surface area contributed by atoms with E-state index in [9.17, 15) is 5.11 Å². The Kier molecular flexibility index (Phi) is 6.56. The van der Waals surface area contributed by atoms with E-state index in [1.807, 2.05) is 20.8 Å². The first kappa shape index (κ1) is 15.7. The molecule has 0 fully saturated rings. The lowest BCUT2D eigenvalue weighted by atomic mass is 10.2. The van der Waals surface area contributed by atoms with Crippen LogP contribution in [0.1, 0.15) is 45.0 Å². The van der Waals surface area contributed by atoms with Crippen molar-refractivity contribution in [1.82, 2.24) is 9.97 Å². The van der Waals surface area contributed by atoms with E-state index in [2.05, 4.69) is 27.5 Å². The van der Waals surface area contributed by atoms with E-state index in [1.54, 1.807) is 0 Å². The van der Waals surface area contributed by atoms with Crippen LogP contribution in [0.25, 0.3) is 0 Å². The summed E-state index contributed by atoms with van der Waals surface area (Å²) in [6.07, 6.45) is 2.71. The largest absolute Gasteiger partial charge is 0.394 e. The average molecular weight is 266 g/mol. The molecule has 0 saturated carbocycles. The summed E-state index contributed by atoms with van der Waals surface area (Å²) in [7, 11) is 0. The smallest absolute Gasteiger partial charge is 0.135 e. The first-order valence-corrected chi connectivity index (χ1v) is 7.14. The Morgan fingerprint density at radius 2 is 1.84 bits per heavy atom. The number of nitrogens with zero attached hydrogens (tertiary/aromatic N) is 2. The van der Waals surface area contributed by atoms with E-state index in [0.717, 1.165) is 48.8 Å². The van der Waals surface area contributed by atoms with E-state index >= 15 is 0 Å². The quantitative estimate of drug-likeness (QED) is 0.674. The van der Waals surface area contributed by atoms with Crippen molar-refractivity contribution in [3.63, 3.8) is 0 Å². The monoisotopic (exact) mass is 266 g/mol. The third-order valence-corrected chi connectivity index (χ3v) is 3.10. The molecule has 5 nitrogen and oxygen atoms in total. The van der Waals surface area contributed by atoms with Crippen LogP contribution in [0.15, 0.2) is 0 Å². The average Bonchev–Trinajstić information content (AvgIpc) is 2.44. The van der Waals surface area contributed by atoms with Crippen molar-refractivity contribution in [2.45, 2.75) is 53.0 Å². The summed E-state index contributed by atoms with van der Waals surface area (Å²) in [5, 5.41) is 15.9. The van der Waals surface area contributed by atoms with Gasteiger partial charge in [-0.3, -0.25) is 0 Å². The lowest BCUT2D eigenvalue weighted by Gasteiger charge is -2.19. The molecule has 1 unspecified atom stereocenters. The van der Waals surface area contributed by atoms with Crippen molar-refractivity contribution in [2.75, 3.05) is 23.8 Å². The molecular formula is C14H26N4O. The van der Waals surface area contributed by atoms with Gasteiger partial charge in [-0.2, -0.15) is 0 Å². The standard InChI is InChI=1S/C14H26N4O/c1-5-8-15-13-10(4)14(16-11(6-2)9-19)18-12(7-3)17-13/h11,19H,5-9H2,1-4H3,(H2,15,16,17,18). The Labute approximate surface area is 115 Å². The van der Waals surface area contributed by atoms with E-state index < -0.39 is 0 Å². The maximum absolute atomic E-state index is 9.29. The van der Waals surface area contributed by atoms with Crippen molar-refractivity contribution in [3.8, 4) is 0 Å². The second-order valence-electron chi connectivity index (χ2n) is 4.67. The summed E-state index contributed by atoms with van der Waals surface area (Å²) in [5.74, 6) is 2.54. The molecule has 1 heterocycles. The number of aromatic nitrogens is 2. The van der Waals surface area contributed by atoms with Gasteiger partial charge >= 0.3 is 0 Å². The molecule has 3 N–H and O–H groups in total. The van der Waals surface area contributed by atoms with Crippen LogP contribution < -0.4 is 10.6 Å². The highest BCUT2D eigenvalue weighted by Gasteiger charge is 2.13. The Hall–Kier alpha value is -1.36. The fraction of sp³-hybridized carbons (Fsp3) is 0.714. The Balaban J connectivity index is 3.00. The second kappa shape index (κ2) is 7.94. The number of aryl methyl sites for hydroxylation is 1. The van der Waals surface area contributed by atoms with Gasteiger partial charge in [-0.05, 0) is 19.8 Å². The highest BCUT2D eigenvalue weighted by atomic mass is 16.3. The number of aliphatic hydroxyl groups is 1. The molecule has 1 rings (SSSR count). The van der Waals surface area contributed by atoms with Crippen LogP contribution in [0.3, 0.4) is 0 Å². The van der Waals surface area contributed by atoms with Gasteiger partial charge in [0.2, 0.25) is 0 Å². The van der Waals surface area contributed by atoms with Crippen molar-refractivity contribution in [3.05, 3.63) is 11.4 Å². The summed E-state index contributed by atoms with van der Waals surface area (Å²) in [5.41, 5.74) is 1.01. The van der Waals surface area contributed by atoms with Crippen LogP contribution >= 0.6 is 0 Å². The van der Waals surface area contributed by atoms with E-state index in [1.165, 1.54) is 0 Å². The van der Waals surface area contributed by atoms with Gasteiger partial charge < -0.3 is 15.7 Å². The highest BCUT2D eigenvalue weighted by Crippen LogP contribution is 2.21. The SMILES string of the molecule is CCCNc1nc(CC)nc(NC(CC)CO)c1C. The number of hydrogen-bond donors (Lipinski definition) is 3. The van der Waals surface area contributed by atoms with E-state index in [4.69, 9.17) is 0 Å². The topological polar surface area (TPSA) is 70.1 Å². The molecule has 19 heavy (non-hydrogen) atoms. The molecule has 0 amide bonds. The molecule has 108 valence electrons. The minimum atomic E-state index is 0.0392. The third kappa shape index (κ3) is 4.35. The molecular weight excluding hydrogens is 240 g/mol. The number of aliphatic hydroxyl groups excluding tert-OH is 1. The summed E-state index contributed by atoms with van der Waals surface area (Å²) in [4.78, 5) is 9.05. The summed E-state index contributed by atoms with van der Waals surface area (Å²) in [6.45, 7) is 9.23. The Morgan fingerprint density at radius 1 is 1.16 bits per heavy atom. The van der Waals surface area contributed by atoms with Crippen molar-refractivity contribution >= 4 is 11.6 Å². The van der Waals surface area contributed by atoms with Gasteiger partial charge in [-0.15, -0.1) is 0 Å². The molecule has 0 spiro atoms. The molecule has 0 radical (unpaired) electrons. The van der Waals surface area contributed by atoms with Crippen LogP contribution in [0.5, 0.6) is 0 Å². The molecule has 1 atom stereocenters. The maximum atomic E-state index is 9.29. The molecule has 0 aliphatic carbocycles. The molecule has 0 aliphatic rings. The van der Waals surface area contributed by atoms with Crippen LogP contribution in [0.4, 0.5) is 11.6 Å². The molecule has 0 bridgehead atoms. The van der Waals surface area contributed by atoms with Crippen LogP contribution in [-0.4, -0.2) is 34.3 Å². The number of nitrogens with one attached hydrogen (secondary N) is 2. The molecule has 1 aromatic heterocycles. The molecule has 0 aromatic carbocycles. The predicted molar refractivity (Wildman–Crippen MR) is 79.7 cm³/mol.